The maximum Gasteiger partial charge on any atom is 0.261 e. The Morgan fingerprint density at radius 1 is 1.03 bits per heavy atom. The van der Waals surface area contributed by atoms with Crippen LogP contribution >= 0.6 is 0 Å². The Hall–Kier alpha value is -2.82. The summed E-state index contributed by atoms with van der Waals surface area (Å²) in [5.74, 6) is 0.418. The quantitative estimate of drug-likeness (QED) is 0.501. The number of nitrogens with one attached hydrogen (secondary N) is 1. The number of nitrogens with zero attached hydrogens (tertiary/aromatic N) is 1. The summed E-state index contributed by atoms with van der Waals surface area (Å²) in [5.41, 5.74) is 5.37. The predicted octanol–water partition coefficient (Wildman–Crippen LogP) is 5.02. The number of unbranched alkanes of at least 4 members (excludes halogenated alkanes) is 1. The molecule has 1 N–H and O–H groups in total. The van der Waals surface area contributed by atoms with Crippen molar-refractivity contribution >= 4 is 11.8 Å². The molecule has 0 spiro atoms. The molecule has 0 aliphatic carbocycles. The van der Waals surface area contributed by atoms with Gasteiger partial charge in [-0.05, 0) is 74.4 Å². The van der Waals surface area contributed by atoms with Crippen molar-refractivity contribution in [3.63, 3.8) is 0 Å². The second kappa shape index (κ2) is 12.3. The first kappa shape index (κ1) is 25.4. The molecule has 174 valence electrons. The van der Waals surface area contributed by atoms with Crippen LogP contribution in [0, 0.1) is 27.7 Å². The van der Waals surface area contributed by atoms with Gasteiger partial charge in [0.15, 0.2) is 6.61 Å². The van der Waals surface area contributed by atoms with Gasteiger partial charge < -0.3 is 15.0 Å². The minimum Gasteiger partial charge on any atom is -0.483 e. The Balaban J connectivity index is 2.25. The van der Waals surface area contributed by atoms with Gasteiger partial charge in [-0.15, -0.1) is 0 Å². The van der Waals surface area contributed by atoms with E-state index in [1.165, 1.54) is 0 Å². The average molecular weight is 439 g/mol. The molecule has 1 atom stereocenters. The molecule has 2 rings (SSSR count). The lowest BCUT2D eigenvalue weighted by Crippen LogP contribution is -2.50. The van der Waals surface area contributed by atoms with E-state index in [1.54, 1.807) is 4.90 Å². The van der Waals surface area contributed by atoms with Crippen LogP contribution < -0.4 is 10.1 Å². The number of ether oxygens (including phenoxy) is 1. The number of benzene rings is 2. The standard InChI is InChI=1S/C27H38N2O3/c1-7-9-14-28-27(31)24(8-2)29(17-23-13-11-10-12-20(23)4)26(30)18-32-25-16-19(3)15-21(5)22(25)6/h10-13,15-16,24H,7-9,14,17-18H2,1-6H3,(H,28,31)/t24-/m0/s1. The molecule has 2 aromatic rings. The first-order valence-electron chi connectivity index (χ1n) is 11.6. The van der Waals surface area contributed by atoms with Crippen molar-refractivity contribution in [2.45, 2.75) is 73.4 Å². The van der Waals surface area contributed by atoms with Gasteiger partial charge in [0.2, 0.25) is 5.91 Å². The van der Waals surface area contributed by atoms with Crippen molar-refractivity contribution in [3.05, 3.63) is 64.2 Å². The van der Waals surface area contributed by atoms with Gasteiger partial charge in [0.1, 0.15) is 11.8 Å². The summed E-state index contributed by atoms with van der Waals surface area (Å²) >= 11 is 0. The Bertz CT molecular complexity index is 923. The lowest BCUT2D eigenvalue weighted by Gasteiger charge is -2.31. The van der Waals surface area contributed by atoms with E-state index in [2.05, 4.69) is 18.3 Å². The molecule has 5 nitrogen and oxygen atoms in total. The van der Waals surface area contributed by atoms with Gasteiger partial charge >= 0.3 is 0 Å². The number of amides is 2. The molecular formula is C27H38N2O3. The van der Waals surface area contributed by atoms with E-state index in [0.717, 1.165) is 40.7 Å². The predicted molar refractivity (Wildman–Crippen MR) is 130 cm³/mol. The van der Waals surface area contributed by atoms with Gasteiger partial charge in [0, 0.05) is 13.1 Å². The summed E-state index contributed by atoms with van der Waals surface area (Å²) in [6.45, 7) is 13.0. The first-order valence-corrected chi connectivity index (χ1v) is 11.6. The van der Waals surface area contributed by atoms with Crippen LogP contribution in [0.3, 0.4) is 0 Å². The Morgan fingerprint density at radius 2 is 1.75 bits per heavy atom. The van der Waals surface area contributed by atoms with Crippen LogP contribution in [0.15, 0.2) is 36.4 Å². The van der Waals surface area contributed by atoms with Crippen LogP contribution in [0.1, 0.15) is 60.9 Å². The zero-order valence-corrected chi connectivity index (χ0v) is 20.5. The van der Waals surface area contributed by atoms with E-state index in [4.69, 9.17) is 4.74 Å². The lowest BCUT2D eigenvalue weighted by atomic mass is 10.1. The largest absolute Gasteiger partial charge is 0.483 e. The van der Waals surface area contributed by atoms with E-state index >= 15 is 0 Å². The van der Waals surface area contributed by atoms with Gasteiger partial charge in [0.05, 0.1) is 0 Å². The van der Waals surface area contributed by atoms with Gasteiger partial charge in [-0.3, -0.25) is 9.59 Å². The zero-order valence-electron chi connectivity index (χ0n) is 20.5. The molecule has 0 aliphatic rings. The summed E-state index contributed by atoms with van der Waals surface area (Å²) < 4.78 is 5.96. The molecule has 0 unspecified atom stereocenters. The van der Waals surface area contributed by atoms with Crippen molar-refractivity contribution in [3.8, 4) is 5.75 Å². The molecular weight excluding hydrogens is 400 g/mol. The molecule has 0 heterocycles. The summed E-state index contributed by atoms with van der Waals surface area (Å²) in [4.78, 5) is 28.0. The molecule has 0 saturated carbocycles. The highest BCUT2D eigenvalue weighted by Crippen LogP contribution is 2.24. The molecule has 2 aromatic carbocycles. The molecule has 0 aliphatic heterocycles. The zero-order chi connectivity index (χ0) is 23.7. The number of aryl methyl sites for hydroxylation is 3. The lowest BCUT2D eigenvalue weighted by molar-refractivity contribution is -0.143. The van der Waals surface area contributed by atoms with Crippen molar-refractivity contribution in [2.75, 3.05) is 13.2 Å². The van der Waals surface area contributed by atoms with Crippen molar-refractivity contribution in [1.29, 1.82) is 0 Å². The number of hydrogen-bond donors (Lipinski definition) is 1. The third-order valence-corrected chi connectivity index (χ3v) is 5.93. The highest BCUT2D eigenvalue weighted by molar-refractivity contribution is 5.88. The van der Waals surface area contributed by atoms with E-state index in [9.17, 15) is 9.59 Å². The number of rotatable bonds is 11. The second-order valence-corrected chi connectivity index (χ2v) is 8.51. The Morgan fingerprint density at radius 3 is 2.41 bits per heavy atom. The molecule has 0 radical (unpaired) electrons. The van der Waals surface area contributed by atoms with E-state index in [0.29, 0.717) is 25.3 Å². The average Bonchev–Trinajstić information content (AvgIpc) is 2.76. The molecule has 0 bridgehead atoms. The summed E-state index contributed by atoms with van der Waals surface area (Å²) in [7, 11) is 0. The van der Waals surface area contributed by atoms with E-state index < -0.39 is 6.04 Å². The molecule has 0 aromatic heterocycles. The minimum absolute atomic E-state index is 0.103. The summed E-state index contributed by atoms with van der Waals surface area (Å²) in [5, 5.41) is 2.99. The van der Waals surface area contributed by atoms with E-state index in [-0.39, 0.29) is 18.4 Å². The van der Waals surface area contributed by atoms with Crippen molar-refractivity contribution in [1.82, 2.24) is 10.2 Å². The molecule has 5 heteroatoms. The fourth-order valence-corrected chi connectivity index (χ4v) is 3.77. The SMILES string of the molecule is CCCCNC(=O)[C@H](CC)N(Cc1ccccc1C)C(=O)COc1cc(C)cc(C)c1C. The van der Waals surface area contributed by atoms with Crippen LogP contribution in [-0.4, -0.2) is 35.9 Å². The Kier molecular flexibility index (Phi) is 9.76. The highest BCUT2D eigenvalue weighted by Gasteiger charge is 2.29. The summed E-state index contributed by atoms with van der Waals surface area (Å²) in [6, 6.07) is 11.5. The number of hydrogen-bond acceptors (Lipinski definition) is 3. The van der Waals surface area contributed by atoms with Crippen molar-refractivity contribution in [2.24, 2.45) is 0 Å². The van der Waals surface area contributed by atoms with Crippen LogP contribution in [0.2, 0.25) is 0 Å². The smallest absolute Gasteiger partial charge is 0.261 e. The minimum atomic E-state index is -0.539. The summed E-state index contributed by atoms with van der Waals surface area (Å²) in [6.07, 6.45) is 2.47. The number of carbonyl (C=O) groups is 2. The normalized spacial score (nSPS) is 11.7. The van der Waals surface area contributed by atoms with Crippen LogP contribution in [0.5, 0.6) is 5.75 Å². The topological polar surface area (TPSA) is 58.6 Å². The van der Waals surface area contributed by atoms with Crippen LogP contribution in [0.4, 0.5) is 0 Å². The van der Waals surface area contributed by atoms with E-state index in [1.807, 2.05) is 65.0 Å². The molecule has 32 heavy (non-hydrogen) atoms. The second-order valence-electron chi connectivity index (χ2n) is 8.51. The molecule has 2 amide bonds. The van der Waals surface area contributed by atoms with Crippen molar-refractivity contribution < 1.29 is 14.3 Å². The van der Waals surface area contributed by atoms with Gasteiger partial charge in [-0.25, -0.2) is 0 Å². The van der Waals surface area contributed by atoms with Gasteiger partial charge in [0.25, 0.3) is 5.91 Å². The maximum absolute atomic E-state index is 13.4. The van der Waals surface area contributed by atoms with Gasteiger partial charge in [-0.1, -0.05) is 50.6 Å². The van der Waals surface area contributed by atoms with Crippen LogP contribution in [-0.2, 0) is 16.1 Å². The highest BCUT2D eigenvalue weighted by atomic mass is 16.5. The van der Waals surface area contributed by atoms with Crippen LogP contribution in [0.25, 0.3) is 0 Å². The molecule has 0 fully saturated rings. The fourth-order valence-electron chi connectivity index (χ4n) is 3.77. The number of carbonyl (C=O) groups excluding carboxylic acids is 2. The fraction of sp³-hybridized carbons (Fsp3) is 0.481. The first-order chi connectivity index (χ1) is 15.3. The maximum atomic E-state index is 13.4. The van der Waals surface area contributed by atoms with Gasteiger partial charge in [-0.2, -0.15) is 0 Å². The molecule has 0 saturated heterocycles. The Labute approximate surface area is 193 Å². The third-order valence-electron chi connectivity index (χ3n) is 5.93. The third kappa shape index (κ3) is 6.84. The monoisotopic (exact) mass is 438 g/mol.